The van der Waals surface area contributed by atoms with Crippen LogP contribution in [0.4, 0.5) is 5.69 Å². The van der Waals surface area contributed by atoms with Crippen molar-refractivity contribution in [2.75, 3.05) is 11.9 Å². The SMILES string of the molecule is N#Cc1ccccc1NC(=O)CCCOCc1ccco1. The van der Waals surface area contributed by atoms with E-state index in [1.807, 2.05) is 12.1 Å². The van der Waals surface area contributed by atoms with Gasteiger partial charge in [-0.05, 0) is 30.7 Å². The maximum atomic E-state index is 11.8. The van der Waals surface area contributed by atoms with Crippen molar-refractivity contribution in [3.8, 4) is 6.07 Å². The average Bonchev–Trinajstić information content (AvgIpc) is 3.01. The van der Waals surface area contributed by atoms with Crippen LogP contribution in [0.25, 0.3) is 0 Å². The fraction of sp³-hybridized carbons (Fsp3) is 0.250. The highest BCUT2D eigenvalue weighted by atomic mass is 16.5. The summed E-state index contributed by atoms with van der Waals surface area (Å²) in [6.45, 7) is 0.889. The number of para-hydroxylation sites is 1. The Labute approximate surface area is 123 Å². The molecule has 0 aliphatic rings. The monoisotopic (exact) mass is 284 g/mol. The smallest absolute Gasteiger partial charge is 0.224 e. The van der Waals surface area contributed by atoms with Crippen LogP contribution in [0, 0.1) is 11.3 Å². The van der Waals surface area contributed by atoms with Gasteiger partial charge in [0.1, 0.15) is 18.4 Å². The summed E-state index contributed by atoms with van der Waals surface area (Å²) in [6.07, 6.45) is 2.55. The standard InChI is InChI=1S/C16H16N2O3/c17-11-13-5-1-2-7-15(13)18-16(19)8-4-9-20-12-14-6-3-10-21-14/h1-3,5-7,10H,4,8-9,12H2,(H,18,19). The number of hydrogen-bond donors (Lipinski definition) is 1. The molecule has 2 rings (SSSR count). The highest BCUT2D eigenvalue weighted by Gasteiger charge is 2.06. The Balaban J connectivity index is 1.67. The van der Waals surface area contributed by atoms with Crippen LogP contribution in [0.1, 0.15) is 24.2 Å². The number of nitrogens with zero attached hydrogens (tertiary/aromatic N) is 1. The van der Waals surface area contributed by atoms with E-state index in [2.05, 4.69) is 5.32 Å². The number of nitriles is 1. The number of anilines is 1. The fourth-order valence-corrected chi connectivity index (χ4v) is 1.80. The lowest BCUT2D eigenvalue weighted by atomic mass is 10.2. The van der Waals surface area contributed by atoms with Gasteiger partial charge in [-0.3, -0.25) is 4.79 Å². The second-order valence-corrected chi connectivity index (χ2v) is 4.44. The van der Waals surface area contributed by atoms with Crippen molar-refractivity contribution < 1.29 is 13.9 Å². The lowest BCUT2D eigenvalue weighted by Gasteiger charge is -2.06. The maximum absolute atomic E-state index is 11.8. The summed E-state index contributed by atoms with van der Waals surface area (Å²) < 4.78 is 10.5. The fourth-order valence-electron chi connectivity index (χ4n) is 1.80. The van der Waals surface area contributed by atoms with Crippen molar-refractivity contribution in [1.29, 1.82) is 5.26 Å². The normalized spacial score (nSPS) is 10.0. The first kappa shape index (κ1) is 14.8. The zero-order valence-electron chi connectivity index (χ0n) is 11.5. The molecule has 0 saturated heterocycles. The molecule has 0 unspecified atom stereocenters. The van der Waals surface area contributed by atoms with E-state index in [4.69, 9.17) is 14.4 Å². The number of furan rings is 1. The van der Waals surface area contributed by atoms with Crippen LogP contribution in [0.15, 0.2) is 47.1 Å². The third kappa shape index (κ3) is 4.79. The first-order valence-electron chi connectivity index (χ1n) is 6.68. The molecule has 0 saturated carbocycles. The summed E-state index contributed by atoms with van der Waals surface area (Å²) in [7, 11) is 0. The summed E-state index contributed by atoms with van der Waals surface area (Å²) in [4.78, 5) is 11.8. The molecule has 0 aliphatic carbocycles. The van der Waals surface area contributed by atoms with Crippen molar-refractivity contribution in [3.63, 3.8) is 0 Å². The molecule has 1 amide bonds. The zero-order chi connectivity index (χ0) is 14.9. The number of carbonyl (C=O) groups excluding carboxylic acids is 1. The van der Waals surface area contributed by atoms with E-state index in [9.17, 15) is 4.79 Å². The quantitative estimate of drug-likeness (QED) is 0.793. The highest BCUT2D eigenvalue weighted by Crippen LogP contribution is 2.14. The van der Waals surface area contributed by atoms with Gasteiger partial charge in [0.15, 0.2) is 0 Å². The summed E-state index contributed by atoms with van der Waals surface area (Å²) >= 11 is 0. The van der Waals surface area contributed by atoms with Gasteiger partial charge in [-0.25, -0.2) is 0 Å². The molecule has 0 spiro atoms. The second kappa shape index (κ2) is 7.88. The Morgan fingerprint density at radius 1 is 1.29 bits per heavy atom. The number of benzene rings is 1. The van der Waals surface area contributed by atoms with E-state index in [0.717, 1.165) is 5.76 Å². The summed E-state index contributed by atoms with van der Waals surface area (Å²) in [5.74, 6) is 0.640. The Kier molecular flexibility index (Phi) is 5.56. The van der Waals surface area contributed by atoms with Crippen molar-refractivity contribution in [3.05, 3.63) is 54.0 Å². The number of nitrogens with one attached hydrogen (secondary N) is 1. The highest BCUT2D eigenvalue weighted by molar-refractivity contribution is 5.92. The molecule has 0 atom stereocenters. The van der Waals surface area contributed by atoms with E-state index in [0.29, 0.717) is 37.3 Å². The Hall–Kier alpha value is -2.58. The van der Waals surface area contributed by atoms with E-state index in [-0.39, 0.29) is 5.91 Å². The first-order valence-corrected chi connectivity index (χ1v) is 6.68. The minimum absolute atomic E-state index is 0.126. The molecule has 1 aromatic carbocycles. The van der Waals surface area contributed by atoms with Gasteiger partial charge in [-0.1, -0.05) is 12.1 Å². The van der Waals surface area contributed by atoms with Crippen LogP contribution >= 0.6 is 0 Å². The second-order valence-electron chi connectivity index (χ2n) is 4.44. The lowest BCUT2D eigenvalue weighted by Crippen LogP contribution is -2.13. The first-order chi connectivity index (χ1) is 10.3. The van der Waals surface area contributed by atoms with Crippen LogP contribution in [-0.2, 0) is 16.1 Å². The molecule has 1 N–H and O–H groups in total. The molecular formula is C16H16N2O3. The topological polar surface area (TPSA) is 75.3 Å². The van der Waals surface area contributed by atoms with Gasteiger partial charge in [-0.2, -0.15) is 5.26 Å². The molecule has 0 aliphatic heterocycles. The number of amides is 1. The molecule has 5 nitrogen and oxygen atoms in total. The predicted molar refractivity (Wildman–Crippen MR) is 77.4 cm³/mol. The zero-order valence-corrected chi connectivity index (χ0v) is 11.5. The average molecular weight is 284 g/mol. The van der Waals surface area contributed by atoms with Crippen LogP contribution in [0.3, 0.4) is 0 Å². The van der Waals surface area contributed by atoms with Crippen molar-refractivity contribution >= 4 is 11.6 Å². The third-order valence-corrected chi connectivity index (χ3v) is 2.84. The molecule has 1 aromatic heterocycles. The number of rotatable bonds is 7. The maximum Gasteiger partial charge on any atom is 0.224 e. The Morgan fingerprint density at radius 3 is 2.90 bits per heavy atom. The summed E-state index contributed by atoms with van der Waals surface area (Å²) in [6, 6.07) is 12.6. The van der Waals surface area contributed by atoms with Gasteiger partial charge in [0.05, 0.1) is 17.5 Å². The third-order valence-electron chi connectivity index (χ3n) is 2.84. The number of hydrogen-bond acceptors (Lipinski definition) is 4. The van der Waals surface area contributed by atoms with E-state index < -0.39 is 0 Å². The Bertz CT molecular complexity index is 615. The number of ether oxygens (including phenoxy) is 1. The molecule has 1 heterocycles. The van der Waals surface area contributed by atoms with E-state index >= 15 is 0 Å². The largest absolute Gasteiger partial charge is 0.467 e. The van der Waals surface area contributed by atoms with Crippen LogP contribution in [-0.4, -0.2) is 12.5 Å². The van der Waals surface area contributed by atoms with Gasteiger partial charge in [0.2, 0.25) is 5.91 Å². The van der Waals surface area contributed by atoms with Crippen molar-refractivity contribution in [1.82, 2.24) is 0 Å². The van der Waals surface area contributed by atoms with Crippen molar-refractivity contribution in [2.24, 2.45) is 0 Å². The molecule has 108 valence electrons. The van der Waals surface area contributed by atoms with Gasteiger partial charge in [0, 0.05) is 13.0 Å². The van der Waals surface area contributed by atoms with Gasteiger partial charge in [0.25, 0.3) is 0 Å². The van der Waals surface area contributed by atoms with E-state index in [1.54, 1.807) is 36.6 Å². The molecule has 0 radical (unpaired) electrons. The molecule has 0 bridgehead atoms. The van der Waals surface area contributed by atoms with Gasteiger partial charge >= 0.3 is 0 Å². The molecule has 0 fully saturated rings. The van der Waals surface area contributed by atoms with Gasteiger partial charge < -0.3 is 14.5 Å². The van der Waals surface area contributed by atoms with Crippen LogP contribution in [0.5, 0.6) is 0 Å². The van der Waals surface area contributed by atoms with Crippen molar-refractivity contribution in [2.45, 2.75) is 19.4 Å². The molecule has 5 heteroatoms. The molecule has 21 heavy (non-hydrogen) atoms. The number of carbonyl (C=O) groups is 1. The minimum Gasteiger partial charge on any atom is -0.467 e. The van der Waals surface area contributed by atoms with E-state index in [1.165, 1.54) is 0 Å². The predicted octanol–water partition coefficient (Wildman–Crippen LogP) is 3.09. The Morgan fingerprint density at radius 2 is 2.14 bits per heavy atom. The molecular weight excluding hydrogens is 268 g/mol. The molecule has 2 aromatic rings. The minimum atomic E-state index is -0.126. The summed E-state index contributed by atoms with van der Waals surface area (Å²) in [5, 5.41) is 11.7. The summed E-state index contributed by atoms with van der Waals surface area (Å²) in [5.41, 5.74) is 1.00. The lowest BCUT2D eigenvalue weighted by molar-refractivity contribution is -0.116. The van der Waals surface area contributed by atoms with Gasteiger partial charge in [-0.15, -0.1) is 0 Å². The van der Waals surface area contributed by atoms with Crippen LogP contribution in [0.2, 0.25) is 0 Å². The van der Waals surface area contributed by atoms with Crippen LogP contribution < -0.4 is 5.32 Å².